The lowest BCUT2D eigenvalue weighted by molar-refractivity contribution is -0.00666. The minimum atomic E-state index is -0.577. The Morgan fingerprint density at radius 1 is 1.45 bits per heavy atom. The highest BCUT2D eigenvalue weighted by molar-refractivity contribution is 8.13. The zero-order valence-corrected chi connectivity index (χ0v) is 11.6. The molecule has 0 aliphatic carbocycles. The quantitative estimate of drug-likeness (QED) is 0.857. The highest BCUT2D eigenvalue weighted by Crippen LogP contribution is 2.44. The van der Waals surface area contributed by atoms with Gasteiger partial charge in [0.05, 0.1) is 12.8 Å². The molecule has 20 heavy (non-hydrogen) atoms. The van der Waals surface area contributed by atoms with Gasteiger partial charge in [-0.15, -0.1) is 0 Å². The van der Waals surface area contributed by atoms with Crippen molar-refractivity contribution in [1.29, 1.82) is 0 Å². The number of aromatic nitrogens is 2. The van der Waals surface area contributed by atoms with Crippen LogP contribution in [0.4, 0.5) is 0 Å². The first-order chi connectivity index (χ1) is 9.78. The summed E-state index contributed by atoms with van der Waals surface area (Å²) in [6.07, 6.45) is 4.33. The summed E-state index contributed by atoms with van der Waals surface area (Å²) in [7, 11) is 0. The van der Waals surface area contributed by atoms with Crippen molar-refractivity contribution in [2.75, 3.05) is 19.0 Å². The molecule has 2 N–H and O–H groups in total. The Hall–Kier alpha value is -1.60. The lowest BCUT2D eigenvalue weighted by Gasteiger charge is -2.40. The van der Waals surface area contributed by atoms with Gasteiger partial charge in [0.1, 0.15) is 5.52 Å². The van der Waals surface area contributed by atoms with E-state index in [2.05, 4.69) is 15.0 Å². The van der Waals surface area contributed by atoms with E-state index in [0.29, 0.717) is 23.6 Å². The van der Waals surface area contributed by atoms with E-state index in [1.165, 1.54) is 0 Å². The van der Waals surface area contributed by atoms with Crippen molar-refractivity contribution < 1.29 is 9.15 Å². The van der Waals surface area contributed by atoms with Crippen molar-refractivity contribution in [3.8, 4) is 0 Å². The summed E-state index contributed by atoms with van der Waals surface area (Å²) in [6, 6.07) is 1.81. The molecule has 1 fully saturated rings. The summed E-state index contributed by atoms with van der Waals surface area (Å²) >= 11 is 1.59. The average molecular weight is 290 g/mol. The van der Waals surface area contributed by atoms with Gasteiger partial charge in [0, 0.05) is 30.5 Å². The average Bonchev–Trinajstić information content (AvgIpc) is 2.91. The molecule has 0 radical (unpaired) electrons. The van der Waals surface area contributed by atoms with Gasteiger partial charge in [0.15, 0.2) is 16.3 Å². The fourth-order valence-corrected chi connectivity index (χ4v) is 3.86. The number of amidine groups is 1. The number of thioether (sulfide) groups is 1. The molecule has 2 aromatic heterocycles. The van der Waals surface area contributed by atoms with Gasteiger partial charge in [-0.3, -0.25) is 4.98 Å². The van der Waals surface area contributed by atoms with Crippen LogP contribution in [-0.4, -0.2) is 34.1 Å². The van der Waals surface area contributed by atoms with Gasteiger partial charge in [-0.1, -0.05) is 11.8 Å². The molecule has 0 aromatic carbocycles. The summed E-state index contributed by atoms with van der Waals surface area (Å²) in [5, 5.41) is 0.576. The van der Waals surface area contributed by atoms with Gasteiger partial charge in [-0.2, -0.15) is 0 Å². The maximum atomic E-state index is 5.93. The van der Waals surface area contributed by atoms with E-state index in [1.807, 2.05) is 6.07 Å². The molecule has 7 heteroatoms. The summed E-state index contributed by atoms with van der Waals surface area (Å²) in [5.74, 6) is 1.86. The van der Waals surface area contributed by atoms with Crippen LogP contribution >= 0.6 is 11.8 Å². The third kappa shape index (κ3) is 1.73. The molecular weight excluding hydrogens is 276 g/mol. The van der Waals surface area contributed by atoms with E-state index in [4.69, 9.17) is 14.9 Å². The zero-order chi connectivity index (χ0) is 13.6. The normalized spacial score (nSPS) is 30.0. The Morgan fingerprint density at radius 3 is 3.30 bits per heavy atom. The largest absolute Gasteiger partial charge is 0.438 e. The first-order valence-corrected chi connectivity index (χ1v) is 7.53. The number of rotatable bonds is 1. The number of nitrogens with two attached hydrogens (primary N) is 1. The van der Waals surface area contributed by atoms with Crippen LogP contribution in [0.3, 0.4) is 0 Å². The van der Waals surface area contributed by atoms with Gasteiger partial charge in [-0.25, -0.2) is 9.98 Å². The maximum Gasteiger partial charge on any atom is 0.226 e. The molecule has 2 aliphatic rings. The van der Waals surface area contributed by atoms with Gasteiger partial charge in [-0.05, 0) is 6.42 Å². The molecular formula is C13H14N4O2S. The molecule has 0 amide bonds. The molecule has 104 valence electrons. The summed E-state index contributed by atoms with van der Waals surface area (Å²) in [6.45, 7) is 1.23. The second-order valence-electron chi connectivity index (χ2n) is 5.09. The zero-order valence-electron chi connectivity index (χ0n) is 10.8. The van der Waals surface area contributed by atoms with Gasteiger partial charge in [0.2, 0.25) is 5.89 Å². The molecule has 0 saturated carbocycles. The molecule has 4 heterocycles. The summed E-state index contributed by atoms with van der Waals surface area (Å²) in [5.41, 5.74) is 6.82. The molecule has 1 saturated heterocycles. The van der Waals surface area contributed by atoms with Crippen molar-refractivity contribution in [3.63, 3.8) is 0 Å². The first-order valence-electron chi connectivity index (χ1n) is 6.55. The van der Waals surface area contributed by atoms with Crippen molar-refractivity contribution in [3.05, 3.63) is 24.4 Å². The van der Waals surface area contributed by atoms with Crippen molar-refractivity contribution in [2.24, 2.45) is 16.6 Å². The minimum Gasteiger partial charge on any atom is -0.438 e. The van der Waals surface area contributed by atoms with Crippen molar-refractivity contribution >= 4 is 28.0 Å². The van der Waals surface area contributed by atoms with Crippen molar-refractivity contribution in [1.82, 2.24) is 9.97 Å². The molecule has 2 unspecified atom stereocenters. The van der Waals surface area contributed by atoms with E-state index in [9.17, 15) is 0 Å². The van der Waals surface area contributed by atoms with Gasteiger partial charge >= 0.3 is 0 Å². The van der Waals surface area contributed by atoms with Crippen LogP contribution in [-0.2, 0) is 10.3 Å². The number of nitrogens with zero attached hydrogens (tertiary/aromatic N) is 3. The Bertz CT molecular complexity index is 653. The molecule has 4 rings (SSSR count). The van der Waals surface area contributed by atoms with E-state index in [0.717, 1.165) is 29.9 Å². The molecule has 2 aliphatic heterocycles. The Kier molecular flexibility index (Phi) is 2.71. The standard InChI is InChI=1S/C13H14N4O2S/c14-12-17-13(7-18-4-2-8(13)6-20-12)11-16-9-5-15-3-1-10(9)19-11/h1,3,5,8H,2,4,6-7H2,(H2,14,17). The van der Waals surface area contributed by atoms with Crippen LogP contribution < -0.4 is 5.73 Å². The first kappa shape index (κ1) is 12.2. The topological polar surface area (TPSA) is 86.5 Å². The van der Waals surface area contributed by atoms with Crippen LogP contribution in [0.2, 0.25) is 0 Å². The van der Waals surface area contributed by atoms with Crippen LogP contribution in [0.25, 0.3) is 11.1 Å². The van der Waals surface area contributed by atoms with Gasteiger partial charge < -0.3 is 14.9 Å². The minimum absolute atomic E-state index is 0.342. The highest BCUT2D eigenvalue weighted by Gasteiger charge is 2.49. The molecule has 0 spiro atoms. The van der Waals surface area contributed by atoms with Crippen LogP contribution in [0.1, 0.15) is 12.3 Å². The second-order valence-corrected chi connectivity index (χ2v) is 6.13. The molecule has 0 bridgehead atoms. The number of hydrogen-bond donors (Lipinski definition) is 1. The lowest BCUT2D eigenvalue weighted by atomic mass is 9.82. The molecule has 6 nitrogen and oxygen atoms in total. The third-order valence-corrected chi connectivity index (χ3v) is 4.87. The van der Waals surface area contributed by atoms with E-state index >= 15 is 0 Å². The molecule has 2 aromatic rings. The Labute approximate surface area is 119 Å². The smallest absolute Gasteiger partial charge is 0.226 e. The van der Waals surface area contributed by atoms with Crippen LogP contribution in [0.5, 0.6) is 0 Å². The van der Waals surface area contributed by atoms with Crippen LogP contribution in [0, 0.1) is 5.92 Å². The SMILES string of the molecule is NC1=NC2(c3nc4cnccc4o3)COCCC2CS1. The fourth-order valence-electron chi connectivity index (χ4n) is 2.82. The van der Waals surface area contributed by atoms with Gasteiger partial charge in [0.25, 0.3) is 0 Å². The second kappa shape index (κ2) is 4.46. The van der Waals surface area contributed by atoms with Crippen LogP contribution in [0.15, 0.2) is 27.9 Å². The van der Waals surface area contributed by atoms with E-state index in [1.54, 1.807) is 24.2 Å². The Morgan fingerprint density at radius 2 is 2.40 bits per heavy atom. The summed E-state index contributed by atoms with van der Waals surface area (Å²) < 4.78 is 11.6. The van der Waals surface area contributed by atoms with E-state index in [-0.39, 0.29) is 0 Å². The number of oxazole rings is 1. The fraction of sp³-hybridized carbons (Fsp3) is 0.462. The number of aliphatic imine (C=N–C) groups is 1. The predicted molar refractivity (Wildman–Crippen MR) is 76.5 cm³/mol. The van der Waals surface area contributed by atoms with Crippen molar-refractivity contribution in [2.45, 2.75) is 12.0 Å². The third-order valence-electron chi connectivity index (χ3n) is 3.91. The Balaban J connectivity index is 1.89. The number of fused-ring (bicyclic) bond motifs is 2. The maximum absolute atomic E-state index is 5.93. The van der Waals surface area contributed by atoms with E-state index < -0.39 is 5.54 Å². The monoisotopic (exact) mass is 290 g/mol. The molecule has 2 atom stereocenters. The summed E-state index contributed by atoms with van der Waals surface area (Å²) in [4.78, 5) is 13.3. The predicted octanol–water partition coefficient (Wildman–Crippen LogP) is 1.52. The number of hydrogen-bond acceptors (Lipinski definition) is 7. The number of ether oxygens (including phenoxy) is 1. The lowest BCUT2D eigenvalue weighted by Crippen LogP contribution is -2.47. The number of pyridine rings is 1. The highest BCUT2D eigenvalue weighted by atomic mass is 32.2.